The van der Waals surface area contributed by atoms with Crippen molar-refractivity contribution in [3.05, 3.63) is 105 Å². The van der Waals surface area contributed by atoms with E-state index in [1.165, 1.54) is 0 Å². The molecule has 0 unspecified atom stereocenters. The topological polar surface area (TPSA) is 53.3 Å². The molecule has 2 aromatic carbocycles. The van der Waals surface area contributed by atoms with Crippen LogP contribution in [0, 0.1) is 13.8 Å². The van der Waals surface area contributed by atoms with E-state index in [0.29, 0.717) is 15.8 Å². The van der Waals surface area contributed by atoms with E-state index in [-0.39, 0.29) is 17.8 Å². The number of nitrogens with one attached hydrogen (secondary N) is 1. The molecule has 0 spiro atoms. The van der Waals surface area contributed by atoms with Crippen molar-refractivity contribution >= 4 is 50.5 Å². The summed E-state index contributed by atoms with van der Waals surface area (Å²) in [6.45, 7) is 4.20. The highest BCUT2D eigenvalue weighted by molar-refractivity contribution is 9.10. The van der Waals surface area contributed by atoms with Gasteiger partial charge >= 0.3 is 0 Å². The first-order valence-electron chi connectivity index (χ1n) is 10.8. The van der Waals surface area contributed by atoms with E-state index in [4.69, 9.17) is 23.8 Å². The average Bonchev–Trinajstić information content (AvgIpc) is 3.31. The predicted molar refractivity (Wildman–Crippen MR) is 144 cm³/mol. The van der Waals surface area contributed by atoms with Crippen LogP contribution in [-0.2, 0) is 0 Å². The van der Waals surface area contributed by atoms with E-state index < -0.39 is 0 Å². The van der Waals surface area contributed by atoms with Crippen molar-refractivity contribution in [2.24, 2.45) is 0 Å². The monoisotopic (exact) mass is 552 g/mol. The zero-order chi connectivity index (χ0) is 24.0. The highest BCUT2D eigenvalue weighted by Gasteiger charge is 2.43. The van der Waals surface area contributed by atoms with Crippen LogP contribution in [0.2, 0.25) is 5.02 Å². The van der Waals surface area contributed by atoms with Gasteiger partial charge in [0.25, 0.3) is 0 Å². The van der Waals surface area contributed by atoms with Crippen molar-refractivity contribution in [2.75, 3.05) is 4.90 Å². The Bertz CT molecular complexity index is 1390. The molecule has 1 aliphatic rings. The zero-order valence-electron chi connectivity index (χ0n) is 18.5. The molecular formula is C26H22BrClN4OS. The summed E-state index contributed by atoms with van der Waals surface area (Å²) in [5.41, 5.74) is 5.75. The average molecular weight is 554 g/mol. The molecule has 172 valence electrons. The summed E-state index contributed by atoms with van der Waals surface area (Å²) in [4.78, 5) is 6.56. The predicted octanol–water partition coefficient (Wildman–Crippen LogP) is 6.79. The minimum Gasteiger partial charge on any atom is -0.506 e. The number of pyridine rings is 1. The maximum Gasteiger partial charge on any atom is 0.174 e. The van der Waals surface area contributed by atoms with Gasteiger partial charge in [-0.2, -0.15) is 0 Å². The van der Waals surface area contributed by atoms with Crippen molar-refractivity contribution in [2.45, 2.75) is 25.9 Å². The number of benzene rings is 2. The molecule has 1 fully saturated rings. The van der Waals surface area contributed by atoms with Crippen LogP contribution in [-0.4, -0.2) is 19.8 Å². The molecule has 4 aromatic rings. The summed E-state index contributed by atoms with van der Waals surface area (Å²) in [7, 11) is 0. The molecule has 2 aromatic heterocycles. The number of halogens is 2. The van der Waals surface area contributed by atoms with Gasteiger partial charge in [0.15, 0.2) is 5.11 Å². The first-order chi connectivity index (χ1) is 16.3. The minimum absolute atomic E-state index is 0.112. The Labute approximate surface area is 217 Å². The maximum atomic E-state index is 10.8. The van der Waals surface area contributed by atoms with Gasteiger partial charge in [-0.15, -0.1) is 0 Å². The molecule has 2 atom stereocenters. The van der Waals surface area contributed by atoms with Gasteiger partial charge in [0.2, 0.25) is 0 Å². The molecule has 0 radical (unpaired) electrons. The Morgan fingerprint density at radius 2 is 1.88 bits per heavy atom. The van der Waals surface area contributed by atoms with Gasteiger partial charge in [0.05, 0.1) is 23.5 Å². The lowest BCUT2D eigenvalue weighted by Crippen LogP contribution is -2.29. The van der Waals surface area contributed by atoms with E-state index in [2.05, 4.69) is 62.8 Å². The lowest BCUT2D eigenvalue weighted by molar-refractivity contribution is 0.472. The van der Waals surface area contributed by atoms with Crippen molar-refractivity contribution in [3.8, 4) is 11.4 Å². The number of nitrogens with zero attached hydrogens (tertiary/aromatic N) is 3. The normalized spacial score (nSPS) is 17.8. The van der Waals surface area contributed by atoms with Gasteiger partial charge < -0.3 is 19.9 Å². The van der Waals surface area contributed by atoms with E-state index in [1.54, 1.807) is 24.4 Å². The molecule has 5 nitrogen and oxygen atoms in total. The Kier molecular flexibility index (Phi) is 6.10. The molecule has 0 bridgehead atoms. The molecule has 1 saturated heterocycles. The molecule has 3 heterocycles. The number of hydrogen-bond donors (Lipinski definition) is 2. The molecule has 8 heteroatoms. The molecule has 2 N–H and O–H groups in total. The van der Waals surface area contributed by atoms with Gasteiger partial charge in [-0.05, 0) is 86.2 Å². The Morgan fingerprint density at radius 3 is 2.62 bits per heavy atom. The number of phenols is 1. The van der Waals surface area contributed by atoms with E-state index in [0.717, 1.165) is 32.8 Å². The Morgan fingerprint density at radius 1 is 1.06 bits per heavy atom. The Balaban J connectivity index is 1.71. The van der Waals surface area contributed by atoms with Gasteiger partial charge in [-0.1, -0.05) is 39.7 Å². The standard InChI is InChI=1S/C26H22BrClN4OS/c1-15-12-20(16(2)31(15)19-7-5-6-17(27)13-19)25-24(21-8-3-4-11-29-21)30-26(34)32(25)22-14-18(28)9-10-23(22)33/h3-14,24-25,33H,1-2H3,(H,30,34)/t24-,25-/m0/s1. The van der Waals surface area contributed by atoms with Gasteiger partial charge in [-0.3, -0.25) is 4.98 Å². The molecule has 34 heavy (non-hydrogen) atoms. The minimum atomic E-state index is -0.251. The van der Waals surface area contributed by atoms with Crippen LogP contribution in [0.3, 0.4) is 0 Å². The molecule has 0 aliphatic carbocycles. The van der Waals surface area contributed by atoms with E-state index in [9.17, 15) is 5.11 Å². The Hall–Kier alpha value is -2.87. The third-order valence-electron chi connectivity index (χ3n) is 6.15. The number of phenolic OH excluding ortho intramolecular Hbond substituents is 1. The molecule has 5 rings (SSSR count). The largest absolute Gasteiger partial charge is 0.506 e. The van der Waals surface area contributed by atoms with Crippen molar-refractivity contribution in [1.29, 1.82) is 0 Å². The second-order valence-electron chi connectivity index (χ2n) is 8.27. The van der Waals surface area contributed by atoms with Crippen LogP contribution in [0.1, 0.15) is 34.7 Å². The first-order valence-corrected chi connectivity index (χ1v) is 12.4. The summed E-state index contributed by atoms with van der Waals surface area (Å²) in [6, 6.07) is 20.8. The number of aryl methyl sites for hydroxylation is 1. The van der Waals surface area contributed by atoms with E-state index in [1.807, 2.05) is 35.2 Å². The maximum absolute atomic E-state index is 10.8. The number of rotatable bonds is 4. The van der Waals surface area contributed by atoms with E-state index >= 15 is 0 Å². The number of aromatic hydroxyl groups is 1. The van der Waals surface area contributed by atoms with Gasteiger partial charge in [0, 0.05) is 32.8 Å². The smallest absolute Gasteiger partial charge is 0.174 e. The summed E-state index contributed by atoms with van der Waals surface area (Å²) in [5.74, 6) is 0.112. The number of aromatic nitrogens is 2. The van der Waals surface area contributed by atoms with Gasteiger partial charge in [0.1, 0.15) is 5.75 Å². The van der Waals surface area contributed by atoms with Crippen molar-refractivity contribution < 1.29 is 5.11 Å². The van der Waals surface area contributed by atoms with Gasteiger partial charge in [-0.25, -0.2) is 0 Å². The van der Waals surface area contributed by atoms with Crippen LogP contribution in [0.5, 0.6) is 5.75 Å². The fraction of sp³-hybridized carbons (Fsp3) is 0.154. The van der Waals surface area contributed by atoms with Crippen LogP contribution < -0.4 is 10.2 Å². The summed E-state index contributed by atoms with van der Waals surface area (Å²) < 4.78 is 3.24. The second kappa shape index (κ2) is 9.06. The van der Waals surface area contributed by atoms with Crippen molar-refractivity contribution in [3.63, 3.8) is 0 Å². The lowest BCUT2D eigenvalue weighted by Gasteiger charge is -2.28. The number of anilines is 1. The number of hydrogen-bond acceptors (Lipinski definition) is 3. The van der Waals surface area contributed by atoms with Crippen LogP contribution in [0.4, 0.5) is 5.69 Å². The first kappa shape index (κ1) is 22.9. The van der Waals surface area contributed by atoms with Crippen LogP contribution in [0.25, 0.3) is 5.69 Å². The third-order valence-corrected chi connectivity index (χ3v) is 7.19. The summed E-state index contributed by atoms with van der Waals surface area (Å²) in [6.07, 6.45) is 1.78. The molecule has 0 saturated carbocycles. The van der Waals surface area contributed by atoms with Crippen molar-refractivity contribution in [1.82, 2.24) is 14.9 Å². The van der Waals surface area contributed by atoms with Crippen LogP contribution in [0.15, 0.2) is 77.4 Å². The summed E-state index contributed by atoms with van der Waals surface area (Å²) in [5, 5.41) is 15.2. The second-order valence-corrected chi connectivity index (χ2v) is 10.0. The molecular weight excluding hydrogens is 532 g/mol. The number of thiocarbonyl (C=S) groups is 1. The zero-order valence-corrected chi connectivity index (χ0v) is 21.7. The molecule has 1 aliphatic heterocycles. The highest BCUT2D eigenvalue weighted by atomic mass is 79.9. The van der Waals surface area contributed by atoms with Crippen LogP contribution >= 0.6 is 39.7 Å². The molecule has 0 amide bonds. The SMILES string of the molecule is Cc1cc([C@H]2[C@H](c3ccccn3)NC(=S)N2c2cc(Cl)ccc2O)c(C)n1-c1cccc(Br)c1. The quantitative estimate of drug-likeness (QED) is 0.273. The lowest BCUT2D eigenvalue weighted by atomic mass is 9.96. The third kappa shape index (κ3) is 3.98. The summed E-state index contributed by atoms with van der Waals surface area (Å²) >= 11 is 15.7. The highest BCUT2D eigenvalue weighted by Crippen LogP contribution is 2.46. The fourth-order valence-corrected chi connectivity index (χ4v) is 5.61. The fourth-order valence-electron chi connectivity index (χ4n) is 4.72.